The summed E-state index contributed by atoms with van der Waals surface area (Å²) in [6.07, 6.45) is 8.33. The Labute approximate surface area is 268 Å². The molecular formula is C36H39N7O3. The van der Waals surface area contributed by atoms with Crippen LogP contribution in [0, 0.1) is 0 Å². The molecule has 3 aliphatic heterocycles. The molecule has 0 unspecified atom stereocenters. The van der Waals surface area contributed by atoms with Crippen LogP contribution in [-0.4, -0.2) is 92.0 Å². The van der Waals surface area contributed by atoms with Gasteiger partial charge in [0.15, 0.2) is 0 Å². The van der Waals surface area contributed by atoms with Gasteiger partial charge in [-0.15, -0.1) is 0 Å². The van der Waals surface area contributed by atoms with E-state index < -0.39 is 0 Å². The minimum absolute atomic E-state index is 0.143. The van der Waals surface area contributed by atoms with E-state index in [0.717, 1.165) is 70.0 Å². The first-order valence-electron chi connectivity index (χ1n) is 16.3. The molecule has 236 valence electrons. The number of rotatable bonds is 7. The first kappa shape index (κ1) is 28.8. The molecular weight excluding hydrogens is 578 g/mol. The predicted octanol–water partition coefficient (Wildman–Crippen LogP) is 4.78. The van der Waals surface area contributed by atoms with Crippen molar-refractivity contribution >= 4 is 33.4 Å². The number of aromatic nitrogens is 4. The topological polar surface area (TPSA) is 99.9 Å². The number of anilines is 1. The smallest absolute Gasteiger partial charge is 0.319 e. The highest BCUT2D eigenvalue weighted by Gasteiger charge is 2.43. The highest BCUT2D eigenvalue weighted by Crippen LogP contribution is 2.40. The molecule has 0 spiro atoms. The normalized spacial score (nSPS) is 21.5. The van der Waals surface area contributed by atoms with Crippen molar-refractivity contribution in [3.05, 3.63) is 72.6 Å². The minimum Gasteiger partial charge on any atom is -0.508 e. The Kier molecular flexibility index (Phi) is 7.24. The molecule has 1 amide bonds. The molecule has 46 heavy (non-hydrogen) atoms. The number of likely N-dealkylation sites (N-methyl/N-ethyl adjacent to an activating group) is 1. The number of phenols is 1. The summed E-state index contributed by atoms with van der Waals surface area (Å²) in [5, 5.41) is 17.8. The average Bonchev–Trinajstić information content (AvgIpc) is 3.74. The maximum absolute atomic E-state index is 13.3. The number of benzene rings is 3. The average molecular weight is 618 g/mol. The molecule has 0 saturated carbocycles. The number of carbonyl (C=O) groups is 1. The molecule has 10 nitrogen and oxygen atoms in total. The quantitative estimate of drug-likeness (QED) is 0.279. The molecule has 10 heteroatoms. The second kappa shape index (κ2) is 11.6. The van der Waals surface area contributed by atoms with Gasteiger partial charge < -0.3 is 24.5 Å². The molecule has 3 aliphatic rings. The minimum atomic E-state index is 0.143. The zero-order chi connectivity index (χ0) is 31.4. The molecule has 8 rings (SSSR count). The van der Waals surface area contributed by atoms with Gasteiger partial charge in [-0.05, 0) is 91.0 Å². The lowest BCUT2D eigenvalue weighted by Gasteiger charge is -2.42. The number of nitrogens with zero attached hydrogens (tertiary/aromatic N) is 7. The number of aryl methyl sites for hydroxylation is 1. The number of ether oxygens (including phenoxy) is 1. The Hall–Kier alpha value is -4.70. The van der Waals surface area contributed by atoms with Gasteiger partial charge in [0.25, 0.3) is 0 Å². The molecule has 0 radical (unpaired) electrons. The molecule has 2 bridgehead atoms. The Bertz CT molecular complexity index is 1930. The molecule has 3 fully saturated rings. The first-order valence-corrected chi connectivity index (χ1v) is 16.3. The molecule has 5 aromatic rings. The van der Waals surface area contributed by atoms with Crippen LogP contribution in [0.3, 0.4) is 0 Å². The molecule has 0 aliphatic carbocycles. The van der Waals surface area contributed by atoms with Gasteiger partial charge in [-0.1, -0.05) is 30.3 Å². The van der Waals surface area contributed by atoms with Gasteiger partial charge >= 0.3 is 6.01 Å². The number of fused-ring (bicyclic) bond motifs is 4. The third-order valence-electron chi connectivity index (χ3n) is 10.1. The third kappa shape index (κ3) is 5.30. The number of piperazine rings is 1. The van der Waals surface area contributed by atoms with Gasteiger partial charge in [0.2, 0.25) is 5.91 Å². The van der Waals surface area contributed by atoms with Crippen LogP contribution < -0.4 is 9.64 Å². The summed E-state index contributed by atoms with van der Waals surface area (Å²) in [7, 11) is 4.02. The number of amides is 1. The van der Waals surface area contributed by atoms with E-state index in [4.69, 9.17) is 14.7 Å². The molecule has 3 atom stereocenters. The Morgan fingerprint density at radius 3 is 2.57 bits per heavy atom. The molecule has 1 N–H and O–H groups in total. The molecule has 3 aromatic carbocycles. The molecule has 5 heterocycles. The fourth-order valence-corrected chi connectivity index (χ4v) is 7.72. The lowest BCUT2D eigenvalue weighted by molar-refractivity contribution is -0.131. The van der Waals surface area contributed by atoms with Crippen molar-refractivity contribution in [1.29, 1.82) is 0 Å². The summed E-state index contributed by atoms with van der Waals surface area (Å²) >= 11 is 0. The second-order valence-electron chi connectivity index (χ2n) is 13.2. The number of aromatic hydroxyl groups is 1. The standard InChI is InChI=1S/C36H39N7O3/c1-40-13-5-7-28(40)22-46-36-38-33-16-25(32-17-29(44)15-24-6-3-4-8-30(24)32)9-12-31(33)35(39-36)43-26-10-11-27(43)21-42(20-26)34(45)14-23-18-37-41(2)19-23/h3-4,6,8-9,12,15-19,26-28,44H,5,7,10-11,13-14,20-22H2,1-2H3/t26-,27+,28-/m0/s1. The summed E-state index contributed by atoms with van der Waals surface area (Å²) in [5.41, 5.74) is 3.67. The zero-order valence-corrected chi connectivity index (χ0v) is 26.3. The van der Waals surface area contributed by atoms with Crippen molar-refractivity contribution in [3.8, 4) is 22.9 Å². The fourth-order valence-electron chi connectivity index (χ4n) is 7.72. The SMILES string of the molecule is CN1CCC[C@H]1COc1nc(N2[C@@H]3CC[C@H]2CN(C(=O)Cc2cnn(C)c2)C3)c2ccc(-c3cc(O)cc4ccccc34)cc2n1. The van der Waals surface area contributed by atoms with Crippen LogP contribution in [0.5, 0.6) is 11.8 Å². The Balaban J connectivity index is 1.15. The summed E-state index contributed by atoms with van der Waals surface area (Å²) in [4.78, 5) is 30.2. The van der Waals surface area contributed by atoms with E-state index in [9.17, 15) is 9.90 Å². The third-order valence-corrected chi connectivity index (χ3v) is 10.1. The second-order valence-corrected chi connectivity index (χ2v) is 13.2. The van der Waals surface area contributed by atoms with E-state index in [-0.39, 0.29) is 23.7 Å². The van der Waals surface area contributed by atoms with Crippen LogP contribution in [0.15, 0.2) is 67.0 Å². The maximum atomic E-state index is 13.3. The Morgan fingerprint density at radius 2 is 1.80 bits per heavy atom. The van der Waals surface area contributed by atoms with Crippen LogP contribution in [0.2, 0.25) is 0 Å². The highest BCUT2D eigenvalue weighted by molar-refractivity contribution is 6.01. The Morgan fingerprint density at radius 1 is 0.978 bits per heavy atom. The number of hydrogen-bond acceptors (Lipinski definition) is 8. The van der Waals surface area contributed by atoms with Crippen molar-refractivity contribution in [3.63, 3.8) is 0 Å². The molecule has 3 saturated heterocycles. The van der Waals surface area contributed by atoms with Gasteiger partial charge in [-0.3, -0.25) is 9.48 Å². The van der Waals surface area contributed by atoms with Gasteiger partial charge in [0.1, 0.15) is 18.2 Å². The van der Waals surface area contributed by atoms with E-state index in [2.05, 4.69) is 46.2 Å². The number of carbonyl (C=O) groups excluding carboxylic acids is 1. The van der Waals surface area contributed by atoms with Crippen LogP contribution in [0.1, 0.15) is 31.2 Å². The van der Waals surface area contributed by atoms with Crippen LogP contribution in [0.25, 0.3) is 32.8 Å². The summed E-state index contributed by atoms with van der Waals surface area (Å²) in [5.74, 6) is 1.25. The molecule has 2 aromatic heterocycles. The lowest BCUT2D eigenvalue weighted by Crippen LogP contribution is -2.56. The van der Waals surface area contributed by atoms with Crippen molar-refractivity contribution < 1.29 is 14.6 Å². The van der Waals surface area contributed by atoms with Crippen molar-refractivity contribution in [1.82, 2.24) is 29.5 Å². The highest BCUT2D eigenvalue weighted by atomic mass is 16.5. The van der Waals surface area contributed by atoms with Gasteiger partial charge in [0, 0.05) is 49.8 Å². The van der Waals surface area contributed by atoms with Crippen LogP contribution >= 0.6 is 0 Å². The number of likely N-dealkylation sites (tertiary alicyclic amines) is 2. The lowest BCUT2D eigenvalue weighted by atomic mass is 9.97. The van der Waals surface area contributed by atoms with E-state index >= 15 is 0 Å². The van der Waals surface area contributed by atoms with Crippen molar-refractivity contribution in [2.24, 2.45) is 7.05 Å². The van der Waals surface area contributed by atoms with Gasteiger partial charge in [0.05, 0.1) is 18.1 Å². The van der Waals surface area contributed by atoms with Gasteiger partial charge in [-0.2, -0.15) is 15.1 Å². The van der Waals surface area contributed by atoms with E-state index in [1.165, 1.54) is 6.42 Å². The van der Waals surface area contributed by atoms with E-state index in [0.29, 0.717) is 38.2 Å². The maximum Gasteiger partial charge on any atom is 0.319 e. The summed E-state index contributed by atoms with van der Waals surface area (Å²) in [6.45, 7) is 2.95. The number of hydrogen-bond donors (Lipinski definition) is 1. The largest absolute Gasteiger partial charge is 0.508 e. The zero-order valence-electron chi connectivity index (χ0n) is 26.3. The van der Waals surface area contributed by atoms with E-state index in [1.807, 2.05) is 42.4 Å². The summed E-state index contributed by atoms with van der Waals surface area (Å²) in [6, 6.07) is 19.1. The monoisotopic (exact) mass is 617 g/mol. The van der Waals surface area contributed by atoms with Crippen LogP contribution in [-0.2, 0) is 18.3 Å². The fraction of sp³-hybridized carbons (Fsp3) is 0.389. The first-order chi connectivity index (χ1) is 22.4. The van der Waals surface area contributed by atoms with Crippen molar-refractivity contribution in [2.45, 2.75) is 50.2 Å². The summed E-state index contributed by atoms with van der Waals surface area (Å²) < 4.78 is 8.09. The predicted molar refractivity (Wildman–Crippen MR) is 178 cm³/mol. The van der Waals surface area contributed by atoms with Crippen LogP contribution in [0.4, 0.5) is 5.82 Å². The number of phenolic OH excluding ortho intramolecular Hbond substituents is 1. The van der Waals surface area contributed by atoms with E-state index in [1.54, 1.807) is 16.9 Å². The van der Waals surface area contributed by atoms with Gasteiger partial charge in [-0.25, -0.2) is 0 Å². The van der Waals surface area contributed by atoms with Crippen molar-refractivity contribution in [2.75, 3.05) is 38.2 Å².